The first-order chi connectivity index (χ1) is 12.2. The molecule has 3 N–H and O–H groups in total. The number of aliphatic hydroxyl groups excluding tert-OH is 1. The average molecular weight is 342 g/mol. The number of benzene rings is 1. The summed E-state index contributed by atoms with van der Waals surface area (Å²) in [5.41, 5.74) is 2.35. The SMILES string of the molecule is Cn1cc(Nc2cccc(C(=O)NC3CCCCCC3CO)c2)cn1. The number of aryl methyl sites for hydroxylation is 1. The van der Waals surface area contributed by atoms with Gasteiger partial charge in [0, 0.05) is 43.1 Å². The molecule has 2 aromatic rings. The molecule has 0 saturated heterocycles. The number of aliphatic hydroxyl groups is 1. The summed E-state index contributed by atoms with van der Waals surface area (Å²) in [6, 6.07) is 7.49. The summed E-state index contributed by atoms with van der Waals surface area (Å²) in [5, 5.41) is 20.1. The molecular formula is C19H26N4O2. The highest BCUT2D eigenvalue weighted by atomic mass is 16.3. The molecule has 0 aliphatic heterocycles. The lowest BCUT2D eigenvalue weighted by Gasteiger charge is -2.24. The zero-order valence-electron chi connectivity index (χ0n) is 14.6. The van der Waals surface area contributed by atoms with Gasteiger partial charge in [-0.05, 0) is 31.0 Å². The van der Waals surface area contributed by atoms with Gasteiger partial charge in [0.15, 0.2) is 0 Å². The Hall–Kier alpha value is -2.34. The Morgan fingerprint density at radius 3 is 2.88 bits per heavy atom. The van der Waals surface area contributed by atoms with Gasteiger partial charge in [0.05, 0.1) is 11.9 Å². The van der Waals surface area contributed by atoms with Gasteiger partial charge >= 0.3 is 0 Å². The van der Waals surface area contributed by atoms with E-state index in [1.165, 1.54) is 6.42 Å². The van der Waals surface area contributed by atoms with Crippen LogP contribution in [0.2, 0.25) is 0 Å². The van der Waals surface area contributed by atoms with E-state index in [1.54, 1.807) is 10.9 Å². The van der Waals surface area contributed by atoms with E-state index in [0.29, 0.717) is 5.56 Å². The van der Waals surface area contributed by atoms with Gasteiger partial charge in [0.25, 0.3) is 5.91 Å². The maximum absolute atomic E-state index is 12.7. The number of nitrogens with one attached hydrogen (secondary N) is 2. The van der Waals surface area contributed by atoms with Crippen LogP contribution in [0.1, 0.15) is 42.5 Å². The van der Waals surface area contributed by atoms with Crippen molar-refractivity contribution >= 4 is 17.3 Å². The number of carbonyl (C=O) groups excluding carboxylic acids is 1. The fourth-order valence-corrected chi connectivity index (χ4v) is 3.44. The van der Waals surface area contributed by atoms with Gasteiger partial charge in [-0.2, -0.15) is 5.10 Å². The van der Waals surface area contributed by atoms with Crippen molar-refractivity contribution < 1.29 is 9.90 Å². The maximum Gasteiger partial charge on any atom is 0.251 e. The number of hydrogen-bond acceptors (Lipinski definition) is 4. The van der Waals surface area contributed by atoms with E-state index in [9.17, 15) is 9.90 Å². The molecule has 1 aromatic carbocycles. The highest BCUT2D eigenvalue weighted by Gasteiger charge is 2.25. The molecule has 3 rings (SSSR count). The van der Waals surface area contributed by atoms with Crippen molar-refractivity contribution in [3.8, 4) is 0 Å². The van der Waals surface area contributed by atoms with Crippen molar-refractivity contribution in [2.45, 2.75) is 38.1 Å². The Kier molecular flexibility index (Phi) is 5.71. The van der Waals surface area contributed by atoms with E-state index in [1.807, 2.05) is 37.5 Å². The largest absolute Gasteiger partial charge is 0.396 e. The Labute approximate surface area is 148 Å². The zero-order chi connectivity index (χ0) is 17.6. The normalized spacial score (nSPS) is 20.7. The summed E-state index contributed by atoms with van der Waals surface area (Å²) >= 11 is 0. The fraction of sp³-hybridized carbons (Fsp3) is 0.474. The van der Waals surface area contributed by atoms with Crippen LogP contribution in [0, 0.1) is 5.92 Å². The highest BCUT2D eigenvalue weighted by molar-refractivity contribution is 5.95. The first-order valence-electron chi connectivity index (χ1n) is 8.93. The Morgan fingerprint density at radius 2 is 2.12 bits per heavy atom. The van der Waals surface area contributed by atoms with Gasteiger partial charge in [-0.3, -0.25) is 9.48 Å². The Bertz CT molecular complexity index is 713. The quantitative estimate of drug-likeness (QED) is 0.730. The lowest BCUT2D eigenvalue weighted by atomic mass is 9.95. The smallest absolute Gasteiger partial charge is 0.251 e. The van der Waals surface area contributed by atoms with Crippen molar-refractivity contribution in [1.29, 1.82) is 0 Å². The molecule has 25 heavy (non-hydrogen) atoms. The standard InChI is InChI=1S/C19H26N4O2/c1-23-12-17(11-20-23)21-16-8-5-7-14(10-16)19(25)22-18-9-4-2-3-6-15(18)13-24/h5,7-8,10-12,15,18,21,24H,2-4,6,9,13H2,1H3,(H,22,25). The van der Waals surface area contributed by atoms with Crippen LogP contribution >= 0.6 is 0 Å². The molecular weight excluding hydrogens is 316 g/mol. The van der Waals surface area contributed by atoms with E-state index >= 15 is 0 Å². The van der Waals surface area contributed by atoms with Crippen LogP contribution in [0.3, 0.4) is 0 Å². The van der Waals surface area contributed by atoms with Gasteiger partial charge in [-0.1, -0.05) is 25.3 Å². The van der Waals surface area contributed by atoms with Crippen LogP contribution in [0.5, 0.6) is 0 Å². The van der Waals surface area contributed by atoms with Crippen LogP contribution in [0.25, 0.3) is 0 Å². The van der Waals surface area contributed by atoms with Crippen molar-refractivity contribution in [3.63, 3.8) is 0 Å². The number of rotatable bonds is 5. The van der Waals surface area contributed by atoms with Crippen LogP contribution < -0.4 is 10.6 Å². The van der Waals surface area contributed by atoms with E-state index in [0.717, 1.165) is 37.1 Å². The third kappa shape index (κ3) is 4.60. The van der Waals surface area contributed by atoms with Gasteiger partial charge < -0.3 is 15.7 Å². The van der Waals surface area contributed by atoms with Crippen LogP contribution in [-0.4, -0.2) is 33.4 Å². The summed E-state index contributed by atoms with van der Waals surface area (Å²) in [5.74, 6) is 0.0725. The van der Waals surface area contributed by atoms with Crippen molar-refractivity contribution in [2.75, 3.05) is 11.9 Å². The molecule has 2 atom stereocenters. The predicted octanol–water partition coefficient (Wildman–Crippen LogP) is 2.83. The molecule has 134 valence electrons. The molecule has 1 aliphatic carbocycles. The van der Waals surface area contributed by atoms with Crippen molar-refractivity contribution in [1.82, 2.24) is 15.1 Å². The molecule has 1 saturated carbocycles. The summed E-state index contributed by atoms with van der Waals surface area (Å²) < 4.78 is 1.72. The van der Waals surface area contributed by atoms with Crippen LogP contribution in [0.4, 0.5) is 11.4 Å². The average Bonchev–Trinajstić information content (AvgIpc) is 2.89. The molecule has 6 nitrogen and oxygen atoms in total. The lowest BCUT2D eigenvalue weighted by molar-refractivity contribution is 0.0899. The second-order valence-electron chi connectivity index (χ2n) is 6.77. The lowest BCUT2D eigenvalue weighted by Crippen LogP contribution is -2.41. The van der Waals surface area contributed by atoms with Crippen LogP contribution in [0.15, 0.2) is 36.7 Å². The minimum absolute atomic E-state index is 0.0509. The molecule has 0 spiro atoms. The second-order valence-corrected chi connectivity index (χ2v) is 6.77. The number of anilines is 2. The molecule has 1 fully saturated rings. The fourth-order valence-electron chi connectivity index (χ4n) is 3.44. The number of hydrogen-bond donors (Lipinski definition) is 3. The molecule has 1 amide bonds. The molecule has 1 heterocycles. The second kappa shape index (κ2) is 8.16. The minimum atomic E-state index is -0.0832. The third-order valence-electron chi connectivity index (χ3n) is 4.83. The molecule has 6 heteroatoms. The van der Waals surface area contributed by atoms with Gasteiger partial charge in [0.1, 0.15) is 0 Å². The molecule has 2 unspecified atom stereocenters. The topological polar surface area (TPSA) is 79.2 Å². The van der Waals surface area contributed by atoms with Gasteiger partial charge in [-0.25, -0.2) is 0 Å². The first-order valence-corrected chi connectivity index (χ1v) is 8.93. The van der Waals surface area contributed by atoms with Crippen molar-refractivity contribution in [2.24, 2.45) is 13.0 Å². The first kappa shape index (κ1) is 17.5. The minimum Gasteiger partial charge on any atom is -0.396 e. The van der Waals surface area contributed by atoms with Crippen LogP contribution in [-0.2, 0) is 7.05 Å². The van der Waals surface area contributed by atoms with E-state index in [2.05, 4.69) is 15.7 Å². The highest BCUT2D eigenvalue weighted by Crippen LogP contribution is 2.24. The third-order valence-corrected chi connectivity index (χ3v) is 4.83. The van der Waals surface area contributed by atoms with Gasteiger partial charge in [0.2, 0.25) is 0 Å². The Balaban J connectivity index is 1.68. The molecule has 0 bridgehead atoms. The van der Waals surface area contributed by atoms with Gasteiger partial charge in [-0.15, -0.1) is 0 Å². The van der Waals surface area contributed by atoms with E-state index in [4.69, 9.17) is 0 Å². The maximum atomic E-state index is 12.7. The zero-order valence-corrected chi connectivity index (χ0v) is 14.6. The summed E-state index contributed by atoms with van der Waals surface area (Å²) in [6.45, 7) is 0.132. The number of nitrogens with zero attached hydrogens (tertiary/aromatic N) is 2. The molecule has 1 aromatic heterocycles. The summed E-state index contributed by atoms with van der Waals surface area (Å²) in [6.07, 6.45) is 8.93. The number of amides is 1. The number of carbonyl (C=O) groups is 1. The van der Waals surface area contributed by atoms with E-state index < -0.39 is 0 Å². The molecule has 1 aliphatic rings. The monoisotopic (exact) mass is 342 g/mol. The number of aromatic nitrogens is 2. The Morgan fingerprint density at radius 1 is 1.28 bits per heavy atom. The molecule has 0 radical (unpaired) electrons. The summed E-state index contributed by atoms with van der Waals surface area (Å²) in [4.78, 5) is 12.7. The van der Waals surface area contributed by atoms with E-state index in [-0.39, 0.29) is 24.5 Å². The summed E-state index contributed by atoms with van der Waals surface area (Å²) in [7, 11) is 1.86. The predicted molar refractivity (Wildman–Crippen MR) is 97.8 cm³/mol. The van der Waals surface area contributed by atoms with Crippen molar-refractivity contribution in [3.05, 3.63) is 42.2 Å².